The fraction of sp³-hybridized carbons (Fsp3) is 0.400. The number of amides is 1. The Bertz CT molecular complexity index is 1040. The lowest BCUT2D eigenvalue weighted by molar-refractivity contribution is 0.0631. The van der Waals surface area contributed by atoms with Crippen LogP contribution in [0.3, 0.4) is 0 Å². The molecular formula is C25H29N3O2. The monoisotopic (exact) mass is 403 g/mol. The number of carbonyl (C=O) groups is 1. The molecule has 0 radical (unpaired) electrons. The molecule has 2 fully saturated rings. The molecule has 5 nitrogen and oxygen atoms in total. The predicted molar refractivity (Wildman–Crippen MR) is 119 cm³/mol. The average molecular weight is 404 g/mol. The van der Waals surface area contributed by atoms with Crippen molar-refractivity contribution in [3.63, 3.8) is 0 Å². The summed E-state index contributed by atoms with van der Waals surface area (Å²) in [5, 5.41) is 4.91. The molecule has 2 saturated carbocycles. The van der Waals surface area contributed by atoms with Crippen molar-refractivity contribution in [1.82, 2.24) is 15.2 Å². The van der Waals surface area contributed by atoms with Crippen molar-refractivity contribution in [3.05, 3.63) is 65.9 Å². The number of carbonyl (C=O) groups excluding carboxylic acids is 1. The van der Waals surface area contributed by atoms with Crippen molar-refractivity contribution in [1.29, 1.82) is 0 Å². The van der Waals surface area contributed by atoms with E-state index in [-0.39, 0.29) is 17.0 Å². The van der Waals surface area contributed by atoms with Crippen LogP contribution in [0.1, 0.15) is 48.7 Å². The lowest BCUT2D eigenvalue weighted by atomic mass is 10.1. The Morgan fingerprint density at radius 2 is 1.97 bits per heavy atom. The third kappa shape index (κ3) is 2.91. The molecule has 3 aromatic rings. The lowest BCUT2D eigenvalue weighted by Gasteiger charge is -2.32. The van der Waals surface area contributed by atoms with Gasteiger partial charge in [0, 0.05) is 29.5 Å². The number of para-hydroxylation sites is 1. The highest BCUT2D eigenvalue weighted by Gasteiger charge is 2.73. The molecule has 30 heavy (non-hydrogen) atoms. The molecule has 0 saturated heterocycles. The number of methoxy groups -OCH3 is 1. The topological polar surface area (TPSA) is 57.4 Å². The Morgan fingerprint density at radius 3 is 2.70 bits per heavy atom. The van der Waals surface area contributed by atoms with Crippen molar-refractivity contribution in [2.75, 3.05) is 13.7 Å². The molecule has 2 aliphatic rings. The first-order valence-corrected chi connectivity index (χ1v) is 10.9. The van der Waals surface area contributed by atoms with Crippen molar-refractivity contribution >= 4 is 16.8 Å². The average Bonchev–Trinajstić information content (AvgIpc) is 3.07. The Morgan fingerprint density at radius 1 is 1.17 bits per heavy atom. The van der Waals surface area contributed by atoms with Gasteiger partial charge in [-0.3, -0.25) is 4.79 Å². The fourth-order valence-corrected chi connectivity index (χ4v) is 5.58. The molecule has 0 unspecified atom stereocenters. The molecule has 0 bridgehead atoms. The first-order chi connectivity index (χ1) is 14.6. The number of fused-ring (bicyclic) bond motifs is 2. The van der Waals surface area contributed by atoms with E-state index in [0.717, 1.165) is 55.4 Å². The number of likely N-dealkylation sites (N-methyl/N-ethyl adjacent to an activating group) is 1. The maximum Gasteiger partial charge on any atom is 0.270 e. The number of nitrogens with zero attached hydrogens (tertiary/aromatic N) is 1. The van der Waals surface area contributed by atoms with Crippen LogP contribution in [0.4, 0.5) is 0 Å². The van der Waals surface area contributed by atoms with Gasteiger partial charge in [0.2, 0.25) is 0 Å². The van der Waals surface area contributed by atoms with Crippen LogP contribution in [0.15, 0.2) is 54.6 Å². The van der Waals surface area contributed by atoms with Gasteiger partial charge in [0.1, 0.15) is 11.4 Å². The number of H-pyrrole nitrogens is 1. The van der Waals surface area contributed by atoms with Crippen molar-refractivity contribution in [3.8, 4) is 5.75 Å². The van der Waals surface area contributed by atoms with Crippen molar-refractivity contribution in [2.24, 2.45) is 0 Å². The van der Waals surface area contributed by atoms with Crippen LogP contribution in [0.2, 0.25) is 0 Å². The van der Waals surface area contributed by atoms with Gasteiger partial charge >= 0.3 is 0 Å². The number of ether oxygens (including phenoxy) is 1. The molecule has 2 aliphatic carbocycles. The summed E-state index contributed by atoms with van der Waals surface area (Å²) in [5.41, 5.74) is 2.91. The highest BCUT2D eigenvalue weighted by atomic mass is 16.5. The highest BCUT2D eigenvalue weighted by Crippen LogP contribution is 2.63. The summed E-state index contributed by atoms with van der Waals surface area (Å²) in [6.07, 6.45) is 4.39. The quantitative estimate of drug-likeness (QED) is 0.611. The summed E-state index contributed by atoms with van der Waals surface area (Å²) in [6, 6.07) is 18.3. The Hall–Kier alpha value is -2.79. The minimum absolute atomic E-state index is 0.0324. The summed E-state index contributed by atoms with van der Waals surface area (Å²) in [6.45, 7) is 3.63. The minimum Gasteiger partial charge on any atom is -0.497 e. The molecule has 1 aromatic heterocycles. The maximum atomic E-state index is 13.5. The van der Waals surface area contributed by atoms with Gasteiger partial charge in [0.25, 0.3) is 5.91 Å². The Balaban J connectivity index is 1.35. The summed E-state index contributed by atoms with van der Waals surface area (Å²) >= 11 is 0. The van der Waals surface area contributed by atoms with E-state index in [1.54, 1.807) is 7.11 Å². The summed E-state index contributed by atoms with van der Waals surface area (Å²) in [7, 11) is 1.69. The van der Waals surface area contributed by atoms with Crippen LogP contribution in [-0.2, 0) is 6.54 Å². The molecule has 1 heterocycles. The molecule has 1 amide bonds. The molecule has 5 heteroatoms. The van der Waals surface area contributed by atoms with Crippen LogP contribution in [0, 0.1) is 0 Å². The Kier molecular flexibility index (Phi) is 4.58. The van der Waals surface area contributed by atoms with E-state index in [4.69, 9.17) is 4.74 Å². The molecule has 2 aromatic carbocycles. The molecule has 0 aliphatic heterocycles. The molecular weight excluding hydrogens is 374 g/mol. The van der Waals surface area contributed by atoms with Gasteiger partial charge in [-0.2, -0.15) is 0 Å². The third-order valence-electron chi connectivity index (χ3n) is 7.18. The number of hydrogen-bond donors (Lipinski definition) is 2. The van der Waals surface area contributed by atoms with E-state index in [9.17, 15) is 4.79 Å². The molecule has 5 rings (SSSR count). The zero-order valence-electron chi connectivity index (χ0n) is 17.7. The van der Waals surface area contributed by atoms with Crippen molar-refractivity contribution < 1.29 is 9.53 Å². The summed E-state index contributed by atoms with van der Waals surface area (Å²) < 4.78 is 5.26. The van der Waals surface area contributed by atoms with Crippen molar-refractivity contribution in [2.45, 2.75) is 50.2 Å². The SMILES string of the molecule is CCN(C(=O)c1cc2ccccc2[nH]1)[C@@]12CCC[C@]1(NCc1ccc(OC)cc1)C2. The van der Waals surface area contributed by atoms with E-state index in [1.807, 2.05) is 42.5 Å². The van der Waals surface area contributed by atoms with Crippen LogP contribution < -0.4 is 10.1 Å². The number of rotatable bonds is 7. The smallest absolute Gasteiger partial charge is 0.270 e. The molecule has 2 atom stereocenters. The van der Waals surface area contributed by atoms with E-state index >= 15 is 0 Å². The molecule has 0 spiro atoms. The first-order valence-electron chi connectivity index (χ1n) is 10.9. The van der Waals surface area contributed by atoms with Crippen LogP contribution in [0.25, 0.3) is 10.9 Å². The second kappa shape index (κ2) is 7.17. The minimum atomic E-state index is -0.0669. The first kappa shape index (κ1) is 19.2. The largest absolute Gasteiger partial charge is 0.497 e. The van der Waals surface area contributed by atoms with Gasteiger partial charge in [-0.05, 0) is 62.4 Å². The summed E-state index contributed by atoms with van der Waals surface area (Å²) in [5.74, 6) is 0.989. The second-order valence-electron chi connectivity index (χ2n) is 8.67. The van der Waals surface area contributed by atoms with Gasteiger partial charge < -0.3 is 19.9 Å². The third-order valence-corrected chi connectivity index (χ3v) is 7.18. The number of benzene rings is 2. The van der Waals surface area contributed by atoms with E-state index in [1.165, 1.54) is 5.56 Å². The second-order valence-corrected chi connectivity index (χ2v) is 8.67. The lowest BCUT2D eigenvalue weighted by Crippen LogP contribution is -2.49. The predicted octanol–water partition coefficient (Wildman–Crippen LogP) is 4.49. The van der Waals surface area contributed by atoms with E-state index in [2.05, 4.69) is 34.3 Å². The number of hydrogen-bond acceptors (Lipinski definition) is 3. The highest BCUT2D eigenvalue weighted by molar-refractivity contribution is 5.98. The van der Waals surface area contributed by atoms with Crippen LogP contribution in [0.5, 0.6) is 5.75 Å². The normalized spacial score (nSPS) is 24.6. The zero-order chi connectivity index (χ0) is 20.8. The number of aromatic nitrogens is 1. The zero-order valence-corrected chi connectivity index (χ0v) is 17.7. The van der Waals surface area contributed by atoms with Gasteiger partial charge in [0.15, 0.2) is 0 Å². The molecule has 156 valence electrons. The number of nitrogens with one attached hydrogen (secondary N) is 2. The van der Waals surface area contributed by atoms with Crippen LogP contribution >= 0.6 is 0 Å². The fourth-order valence-electron chi connectivity index (χ4n) is 5.58. The van der Waals surface area contributed by atoms with E-state index < -0.39 is 0 Å². The van der Waals surface area contributed by atoms with Gasteiger partial charge in [0.05, 0.1) is 12.6 Å². The van der Waals surface area contributed by atoms with E-state index in [0.29, 0.717) is 5.69 Å². The molecule has 2 N–H and O–H groups in total. The van der Waals surface area contributed by atoms with Gasteiger partial charge in [-0.25, -0.2) is 0 Å². The summed E-state index contributed by atoms with van der Waals surface area (Å²) in [4.78, 5) is 18.9. The maximum absolute atomic E-state index is 13.5. The number of aromatic amines is 1. The Labute approximate surface area is 177 Å². The van der Waals surface area contributed by atoms with Gasteiger partial charge in [-0.15, -0.1) is 0 Å². The van der Waals surface area contributed by atoms with Gasteiger partial charge in [-0.1, -0.05) is 30.3 Å². The van der Waals surface area contributed by atoms with Crippen LogP contribution in [-0.4, -0.2) is 40.5 Å². The standard InChI is InChI=1S/C25H29N3O2/c1-3-28(23(29)22-15-19-7-4-5-8-21(19)27-22)25-14-6-13-24(25,17-25)26-16-18-9-11-20(30-2)12-10-18/h4-5,7-12,15,26-27H,3,6,13-14,16-17H2,1-2H3/t24-,25+/m0/s1.